The first-order valence-corrected chi connectivity index (χ1v) is 10.1. The minimum atomic E-state index is -1.47. The maximum Gasteiger partial charge on any atom is 0.338 e. The minimum absolute atomic E-state index is 0.153. The van der Waals surface area contributed by atoms with Gasteiger partial charge in [0.2, 0.25) is 5.91 Å². The van der Waals surface area contributed by atoms with E-state index < -0.39 is 40.8 Å². The van der Waals surface area contributed by atoms with Gasteiger partial charge in [-0.2, -0.15) is 0 Å². The maximum absolute atomic E-state index is 12.9. The first-order valence-electron chi connectivity index (χ1n) is 10.1. The molecule has 3 rings (SSSR count). The lowest BCUT2D eigenvalue weighted by molar-refractivity contribution is -0.384. The van der Waals surface area contributed by atoms with Crippen molar-refractivity contribution >= 4 is 35.2 Å². The predicted octanol–water partition coefficient (Wildman–Crippen LogP) is 2.57. The van der Waals surface area contributed by atoms with Crippen molar-refractivity contribution in [1.29, 1.82) is 0 Å². The number of hydrogen-bond donors (Lipinski definition) is 2. The highest BCUT2D eigenvalue weighted by molar-refractivity contribution is 6.10. The van der Waals surface area contributed by atoms with Crippen LogP contribution < -0.4 is 10.6 Å². The molecule has 1 aliphatic rings. The summed E-state index contributed by atoms with van der Waals surface area (Å²) in [6.07, 6.45) is 0.700. The van der Waals surface area contributed by atoms with Crippen LogP contribution in [0.25, 0.3) is 0 Å². The van der Waals surface area contributed by atoms with E-state index in [1.807, 2.05) is 6.92 Å². The first kappa shape index (κ1) is 23.4. The van der Waals surface area contributed by atoms with Crippen LogP contribution in [-0.4, -0.2) is 46.8 Å². The number of carbonyl (C=O) groups is 4. The summed E-state index contributed by atoms with van der Waals surface area (Å²) in [6.45, 7) is 3.12. The van der Waals surface area contributed by atoms with E-state index in [0.717, 1.165) is 4.90 Å². The molecule has 0 aromatic heterocycles. The summed E-state index contributed by atoms with van der Waals surface area (Å²) in [5.41, 5.74) is -0.570. The average Bonchev–Trinajstić information content (AvgIpc) is 3.01. The molecule has 0 radical (unpaired) electrons. The molecule has 2 N–H and O–H groups in total. The van der Waals surface area contributed by atoms with Crippen LogP contribution in [0.2, 0.25) is 0 Å². The number of anilines is 1. The van der Waals surface area contributed by atoms with Gasteiger partial charge in [-0.3, -0.25) is 24.6 Å². The number of nitrogens with one attached hydrogen (secondary N) is 2. The van der Waals surface area contributed by atoms with Gasteiger partial charge in [-0.1, -0.05) is 6.92 Å². The van der Waals surface area contributed by atoms with Crippen molar-refractivity contribution < 1.29 is 28.8 Å². The van der Waals surface area contributed by atoms with Crippen molar-refractivity contribution in [1.82, 2.24) is 10.2 Å². The largest absolute Gasteiger partial charge is 0.462 e. The van der Waals surface area contributed by atoms with Crippen LogP contribution >= 0.6 is 0 Å². The molecule has 0 spiro atoms. The third kappa shape index (κ3) is 4.97. The lowest BCUT2D eigenvalue weighted by Gasteiger charge is -2.22. The van der Waals surface area contributed by atoms with Crippen LogP contribution in [0.5, 0.6) is 0 Å². The number of hydrogen-bond acceptors (Lipinski definition) is 7. The monoisotopic (exact) mass is 454 g/mol. The summed E-state index contributed by atoms with van der Waals surface area (Å²) in [7, 11) is 0. The lowest BCUT2D eigenvalue weighted by Crippen LogP contribution is -2.42. The molecule has 0 bridgehead atoms. The van der Waals surface area contributed by atoms with E-state index >= 15 is 0 Å². The third-order valence-electron chi connectivity index (χ3n) is 5.07. The fourth-order valence-electron chi connectivity index (χ4n) is 3.26. The van der Waals surface area contributed by atoms with Gasteiger partial charge in [-0.05, 0) is 55.3 Å². The molecular formula is C22H22N4O7. The van der Waals surface area contributed by atoms with E-state index in [9.17, 15) is 29.3 Å². The molecule has 33 heavy (non-hydrogen) atoms. The number of ether oxygens (including phenoxy) is 1. The van der Waals surface area contributed by atoms with Crippen molar-refractivity contribution in [3.63, 3.8) is 0 Å². The summed E-state index contributed by atoms with van der Waals surface area (Å²) in [5.74, 6) is -1.75. The van der Waals surface area contributed by atoms with Crippen LogP contribution in [0, 0.1) is 10.1 Å². The van der Waals surface area contributed by atoms with Gasteiger partial charge in [0.05, 0.1) is 17.1 Å². The Balaban J connectivity index is 1.65. The number of nitro benzene ring substituents is 1. The number of imide groups is 1. The molecule has 0 saturated carbocycles. The highest BCUT2D eigenvalue weighted by Crippen LogP contribution is 2.30. The van der Waals surface area contributed by atoms with Gasteiger partial charge in [0.1, 0.15) is 12.1 Å². The molecular weight excluding hydrogens is 432 g/mol. The zero-order chi connectivity index (χ0) is 24.2. The van der Waals surface area contributed by atoms with Crippen molar-refractivity contribution in [3.05, 3.63) is 69.8 Å². The number of nitrogens with zero attached hydrogens (tertiary/aromatic N) is 2. The van der Waals surface area contributed by atoms with Gasteiger partial charge in [0.25, 0.3) is 11.6 Å². The zero-order valence-corrected chi connectivity index (χ0v) is 18.0. The molecule has 11 heteroatoms. The summed E-state index contributed by atoms with van der Waals surface area (Å²) in [6, 6.07) is 10.5. The molecule has 1 aliphatic heterocycles. The number of esters is 1. The summed E-state index contributed by atoms with van der Waals surface area (Å²) < 4.78 is 5.04. The van der Waals surface area contributed by atoms with Crippen LogP contribution in [0.4, 0.5) is 16.2 Å². The summed E-state index contributed by atoms with van der Waals surface area (Å²) in [4.78, 5) is 60.6. The van der Waals surface area contributed by atoms with Gasteiger partial charge in [-0.25, -0.2) is 9.59 Å². The second kappa shape index (κ2) is 9.47. The maximum atomic E-state index is 12.9. The fourth-order valence-corrected chi connectivity index (χ4v) is 3.26. The minimum Gasteiger partial charge on any atom is -0.462 e. The normalized spacial score (nSPS) is 17.5. The lowest BCUT2D eigenvalue weighted by atomic mass is 9.92. The smallest absolute Gasteiger partial charge is 0.338 e. The molecule has 0 aliphatic carbocycles. The highest BCUT2D eigenvalue weighted by atomic mass is 16.6. The average molecular weight is 454 g/mol. The number of carbonyl (C=O) groups excluding carboxylic acids is 4. The topological polar surface area (TPSA) is 148 Å². The highest BCUT2D eigenvalue weighted by Gasteiger charge is 2.49. The Morgan fingerprint density at radius 2 is 1.76 bits per heavy atom. The van der Waals surface area contributed by atoms with E-state index in [0.29, 0.717) is 29.8 Å². The number of non-ortho nitro benzene ring substituents is 1. The van der Waals surface area contributed by atoms with Gasteiger partial charge in [0, 0.05) is 17.8 Å². The fraction of sp³-hybridized carbons (Fsp3) is 0.273. The van der Waals surface area contributed by atoms with Crippen LogP contribution in [0.3, 0.4) is 0 Å². The van der Waals surface area contributed by atoms with E-state index in [2.05, 4.69) is 10.6 Å². The van der Waals surface area contributed by atoms with Crippen molar-refractivity contribution in [2.24, 2.45) is 0 Å². The van der Waals surface area contributed by atoms with Crippen LogP contribution in [0.15, 0.2) is 48.5 Å². The molecule has 1 unspecified atom stereocenters. The molecule has 4 amide bonds. The quantitative estimate of drug-likeness (QED) is 0.269. The van der Waals surface area contributed by atoms with Crippen LogP contribution in [-0.2, 0) is 19.9 Å². The molecule has 2 aromatic rings. The summed E-state index contributed by atoms with van der Waals surface area (Å²) >= 11 is 0. The molecule has 11 nitrogen and oxygen atoms in total. The Morgan fingerprint density at radius 3 is 2.33 bits per heavy atom. The van der Waals surface area contributed by atoms with Crippen LogP contribution in [0.1, 0.15) is 36.2 Å². The Labute approximate surface area is 188 Å². The number of urea groups is 1. The molecule has 1 heterocycles. The van der Waals surface area contributed by atoms with Gasteiger partial charge >= 0.3 is 12.0 Å². The van der Waals surface area contributed by atoms with E-state index in [4.69, 9.17) is 4.74 Å². The standard InChI is InChI=1S/C22H22N4O7/c1-3-12-33-19(28)14-4-8-16(9-5-14)23-18(27)13-25-20(29)22(2,24-21(25)30)15-6-10-17(11-7-15)26(31)32/h4-11H,3,12-13H2,1-2H3,(H,23,27)(H,24,30). The van der Waals surface area contributed by atoms with Gasteiger partial charge in [-0.15, -0.1) is 0 Å². The number of benzene rings is 2. The SMILES string of the molecule is CCCOC(=O)c1ccc(NC(=O)CN2C(=O)NC(C)(c3ccc([N+](=O)[O-])cc3)C2=O)cc1. The second-order valence-electron chi connectivity index (χ2n) is 7.51. The van der Waals surface area contributed by atoms with Crippen molar-refractivity contribution in [2.75, 3.05) is 18.5 Å². The Hall–Kier alpha value is -4.28. The van der Waals surface area contributed by atoms with Crippen molar-refractivity contribution in [3.8, 4) is 0 Å². The Kier molecular flexibility index (Phi) is 6.71. The Morgan fingerprint density at radius 1 is 1.12 bits per heavy atom. The van der Waals surface area contributed by atoms with Gasteiger partial charge < -0.3 is 15.4 Å². The molecule has 2 aromatic carbocycles. The Bertz CT molecular complexity index is 1100. The number of rotatable bonds is 8. The molecule has 1 saturated heterocycles. The second-order valence-corrected chi connectivity index (χ2v) is 7.51. The third-order valence-corrected chi connectivity index (χ3v) is 5.07. The number of amides is 4. The summed E-state index contributed by atoms with van der Waals surface area (Å²) in [5, 5.41) is 15.9. The first-order chi connectivity index (χ1) is 15.7. The van der Waals surface area contributed by atoms with Gasteiger partial charge in [0.15, 0.2) is 0 Å². The molecule has 1 fully saturated rings. The predicted molar refractivity (Wildman–Crippen MR) is 116 cm³/mol. The molecule has 172 valence electrons. The van der Waals surface area contributed by atoms with E-state index in [-0.39, 0.29) is 5.69 Å². The molecule has 1 atom stereocenters. The van der Waals surface area contributed by atoms with E-state index in [1.54, 1.807) is 0 Å². The number of nitro groups is 1. The van der Waals surface area contributed by atoms with Crippen molar-refractivity contribution in [2.45, 2.75) is 25.8 Å². The van der Waals surface area contributed by atoms with E-state index in [1.165, 1.54) is 55.5 Å². The zero-order valence-electron chi connectivity index (χ0n) is 18.0.